The molecule has 0 saturated carbocycles. The first-order valence-electron chi connectivity index (χ1n) is 42.7. The van der Waals surface area contributed by atoms with Gasteiger partial charge >= 0.3 is 39.5 Å². The van der Waals surface area contributed by atoms with E-state index in [9.17, 15) is 43.2 Å². The zero-order valence-corrected chi connectivity index (χ0v) is 71.3. The van der Waals surface area contributed by atoms with Gasteiger partial charge in [-0.2, -0.15) is 0 Å². The summed E-state index contributed by atoms with van der Waals surface area (Å²) in [5.74, 6) is -2.49. The molecule has 0 aromatic heterocycles. The lowest BCUT2D eigenvalue weighted by atomic mass is 10.1. The molecular weight excluding hydrogens is 1450 g/mol. The first-order valence-corrected chi connectivity index (χ1v) is 45.7. The van der Waals surface area contributed by atoms with E-state index in [1.807, 2.05) is 54.7 Å². The quantitative estimate of drug-likeness (QED) is 0.0169. The summed E-state index contributed by atoms with van der Waals surface area (Å²) >= 11 is 0. The highest BCUT2D eigenvalue weighted by Crippen LogP contribution is 2.45. The lowest BCUT2D eigenvalue weighted by Crippen LogP contribution is -2.30. The van der Waals surface area contributed by atoms with Gasteiger partial charge in [-0.05, 0) is 167 Å². The van der Waals surface area contributed by atoms with E-state index in [2.05, 4.69) is 167 Å². The van der Waals surface area contributed by atoms with Crippen molar-refractivity contribution in [2.45, 2.75) is 329 Å². The molecule has 0 aliphatic carbocycles. The van der Waals surface area contributed by atoms with Crippen LogP contribution in [0.2, 0.25) is 0 Å². The van der Waals surface area contributed by atoms with Gasteiger partial charge < -0.3 is 33.8 Å². The molecule has 0 fully saturated rings. The van der Waals surface area contributed by atoms with Crippen molar-refractivity contribution < 1.29 is 80.2 Å². The summed E-state index contributed by atoms with van der Waals surface area (Å²) in [6.07, 6.45) is 103. The minimum Gasteiger partial charge on any atom is -0.462 e. The lowest BCUT2D eigenvalue weighted by molar-refractivity contribution is -0.161. The Balaban J connectivity index is 5.61. The second-order valence-electron chi connectivity index (χ2n) is 27.7. The normalized spacial score (nSPS) is 14.7. The van der Waals surface area contributed by atoms with Crippen LogP contribution < -0.4 is 0 Å². The lowest BCUT2D eigenvalue weighted by Gasteiger charge is -2.21. The number of ether oxygens (including phenoxy) is 4. The fourth-order valence-corrected chi connectivity index (χ4v) is 12.1. The molecule has 3 N–H and O–H groups in total. The van der Waals surface area contributed by atoms with Crippen molar-refractivity contribution in [1.82, 2.24) is 0 Å². The predicted octanol–water partition coefficient (Wildman–Crippen LogP) is 25.7. The van der Waals surface area contributed by atoms with E-state index in [0.717, 1.165) is 128 Å². The number of hydrogen-bond donors (Lipinski definition) is 3. The molecule has 0 aromatic rings. The molecule has 19 heteroatoms. The van der Waals surface area contributed by atoms with Crippen LogP contribution in [0.1, 0.15) is 310 Å². The van der Waals surface area contributed by atoms with Crippen LogP contribution in [0.3, 0.4) is 0 Å². The smallest absolute Gasteiger partial charge is 0.462 e. The molecule has 112 heavy (non-hydrogen) atoms. The summed E-state index contributed by atoms with van der Waals surface area (Å²) in [7, 11) is -10.1. The number of phosphoric ester groups is 2. The Morgan fingerprint density at radius 2 is 0.455 bits per heavy atom. The Morgan fingerprint density at radius 1 is 0.250 bits per heavy atom. The maximum Gasteiger partial charge on any atom is 0.472 e. The number of esters is 4. The van der Waals surface area contributed by atoms with Crippen molar-refractivity contribution in [3.05, 3.63) is 194 Å². The molecular formula is C93H150O17P2. The summed E-state index contributed by atoms with van der Waals surface area (Å²) in [4.78, 5) is 73.1. The Bertz CT molecular complexity index is 2890. The molecule has 0 rings (SSSR count). The number of carbonyl (C=O) groups excluding carboxylic acids is 4. The van der Waals surface area contributed by atoms with Crippen LogP contribution >= 0.6 is 15.6 Å². The number of aliphatic hydroxyl groups is 1. The van der Waals surface area contributed by atoms with Gasteiger partial charge in [-0.3, -0.25) is 37.3 Å². The van der Waals surface area contributed by atoms with Crippen LogP contribution in [0.25, 0.3) is 0 Å². The average Bonchev–Trinajstić information content (AvgIpc) is 0.908. The van der Waals surface area contributed by atoms with Gasteiger partial charge in [-0.1, -0.05) is 312 Å². The zero-order chi connectivity index (χ0) is 81.7. The van der Waals surface area contributed by atoms with Crippen LogP contribution in [-0.4, -0.2) is 96.7 Å². The molecule has 0 radical (unpaired) electrons. The van der Waals surface area contributed by atoms with E-state index in [-0.39, 0.29) is 25.7 Å². The monoisotopic (exact) mass is 1600 g/mol. The van der Waals surface area contributed by atoms with Crippen molar-refractivity contribution >= 4 is 39.5 Å². The van der Waals surface area contributed by atoms with Gasteiger partial charge in [0.15, 0.2) is 12.2 Å². The van der Waals surface area contributed by atoms with Crippen LogP contribution in [0.15, 0.2) is 194 Å². The molecule has 0 spiro atoms. The van der Waals surface area contributed by atoms with Crippen molar-refractivity contribution in [2.24, 2.45) is 0 Å². The SMILES string of the molecule is CCCCC/C=C\C/C=C\C/C=C\C/C=C\C/C=C\CCC(=O)OC[C@H](COP(=O)(O)OC[C@@H](O)COP(=O)(O)OC[C@@H](COC(=O)CCCCCCCCC/C=C\CCCCCC)OC(=O)CC/C=C\C/C=C\C/C=C\C/C=C\C/C=C\CCCCC)OC(=O)CC/C=C\C/C=C\C/C=C\C/C=C\C/C=C\CCCCC. The topological polar surface area (TPSA) is 237 Å². The summed E-state index contributed by atoms with van der Waals surface area (Å²) in [5, 5.41) is 10.7. The van der Waals surface area contributed by atoms with E-state index in [4.69, 9.17) is 37.0 Å². The molecule has 0 aliphatic heterocycles. The summed E-state index contributed by atoms with van der Waals surface area (Å²) in [6.45, 7) is 4.51. The number of hydrogen-bond acceptors (Lipinski definition) is 15. The third-order valence-corrected chi connectivity index (χ3v) is 18.9. The molecule has 0 aliphatic rings. The van der Waals surface area contributed by atoms with Crippen LogP contribution in [0.5, 0.6) is 0 Å². The minimum absolute atomic E-state index is 0.0132. The second-order valence-corrected chi connectivity index (χ2v) is 30.6. The molecule has 5 atom stereocenters. The highest BCUT2D eigenvalue weighted by atomic mass is 31.2. The Kier molecular flexibility index (Phi) is 78.4. The Labute approximate surface area is 678 Å². The zero-order valence-electron chi connectivity index (χ0n) is 69.5. The van der Waals surface area contributed by atoms with Gasteiger partial charge in [-0.15, -0.1) is 0 Å². The van der Waals surface area contributed by atoms with Gasteiger partial charge in [0.25, 0.3) is 0 Å². The van der Waals surface area contributed by atoms with Crippen LogP contribution in [0, 0.1) is 0 Å². The van der Waals surface area contributed by atoms with Crippen molar-refractivity contribution in [2.75, 3.05) is 39.6 Å². The molecule has 0 heterocycles. The van der Waals surface area contributed by atoms with E-state index < -0.39 is 97.5 Å². The minimum atomic E-state index is -5.03. The molecule has 2 unspecified atom stereocenters. The predicted molar refractivity (Wildman–Crippen MR) is 463 cm³/mol. The van der Waals surface area contributed by atoms with Crippen molar-refractivity contribution in [1.29, 1.82) is 0 Å². The molecule has 0 saturated heterocycles. The maximum atomic E-state index is 13.1. The molecule has 0 bridgehead atoms. The molecule has 17 nitrogen and oxygen atoms in total. The fraction of sp³-hybridized carbons (Fsp3) is 0.613. The average molecular weight is 1600 g/mol. The third kappa shape index (κ3) is 81.9. The van der Waals surface area contributed by atoms with E-state index in [1.54, 1.807) is 0 Å². The largest absolute Gasteiger partial charge is 0.472 e. The molecule has 634 valence electrons. The van der Waals surface area contributed by atoms with Crippen LogP contribution in [-0.2, 0) is 65.4 Å². The third-order valence-electron chi connectivity index (χ3n) is 17.0. The standard InChI is InChI=1S/C93H150O17P2/c1-5-9-13-17-21-25-29-33-37-40-43-46-50-54-58-62-66-70-74-78-91(96)104-84-89(110-93(98)80-76-72-68-64-60-56-52-48-45-42-39-35-31-27-23-19-15-11-7-3)86-108-112(101,102)106-82-87(94)81-105-111(99,100)107-85-88(83-103-90(95)77-73-69-65-61-57-53-49-36-32-28-24-20-16-12-8-4)109-92(97)79-75-71-67-63-59-55-51-47-44-41-38-34-30-26-22-18-14-10-6-2/h21-23,25-28,32-35,37-39,43-48,54-56,58-60,66-68,70-72,87-89,94H,5-20,24,29-31,36,40-42,49-53,57,61-65,69,73-86H2,1-4H3,(H,99,100)(H,101,102)/b25-21-,26-22-,27-23-,32-28-,37-33-,38-34-,39-35-,46-43-,47-44-,48-45-,58-54-,59-55-,60-56-,70-66-,71-67-,72-68-/t87-,88+,89+/m0/s1. The number of aliphatic hydroxyl groups excluding tert-OH is 1. The number of unbranched alkanes of at least 4 members (excludes halogenated alkanes) is 20. The molecule has 0 amide bonds. The van der Waals surface area contributed by atoms with E-state index in [1.165, 1.54) is 83.5 Å². The first-order chi connectivity index (χ1) is 54.7. The van der Waals surface area contributed by atoms with Gasteiger partial charge in [0.1, 0.15) is 19.3 Å². The molecule has 0 aromatic carbocycles. The van der Waals surface area contributed by atoms with Gasteiger partial charge in [0.05, 0.1) is 26.4 Å². The van der Waals surface area contributed by atoms with Gasteiger partial charge in [0, 0.05) is 25.7 Å². The summed E-state index contributed by atoms with van der Waals surface area (Å²) in [6, 6.07) is 0. The summed E-state index contributed by atoms with van der Waals surface area (Å²) in [5.41, 5.74) is 0. The number of rotatable bonds is 78. The number of phosphoric acid groups is 2. The van der Waals surface area contributed by atoms with Crippen LogP contribution in [0.4, 0.5) is 0 Å². The highest BCUT2D eigenvalue weighted by Gasteiger charge is 2.30. The Hall–Kier alpha value is -6.10. The second kappa shape index (κ2) is 82.9. The number of allylic oxidation sites excluding steroid dienone is 32. The van der Waals surface area contributed by atoms with E-state index in [0.29, 0.717) is 44.9 Å². The number of carbonyl (C=O) groups is 4. The van der Waals surface area contributed by atoms with Crippen molar-refractivity contribution in [3.8, 4) is 0 Å². The van der Waals surface area contributed by atoms with E-state index >= 15 is 0 Å². The van der Waals surface area contributed by atoms with Gasteiger partial charge in [0.2, 0.25) is 0 Å². The Morgan fingerprint density at radius 3 is 0.750 bits per heavy atom. The highest BCUT2D eigenvalue weighted by molar-refractivity contribution is 7.47. The maximum absolute atomic E-state index is 13.1. The fourth-order valence-electron chi connectivity index (χ4n) is 10.5. The first kappa shape index (κ1) is 106. The van der Waals surface area contributed by atoms with Crippen molar-refractivity contribution in [3.63, 3.8) is 0 Å². The van der Waals surface area contributed by atoms with Gasteiger partial charge in [-0.25, -0.2) is 9.13 Å². The summed E-state index contributed by atoms with van der Waals surface area (Å²) < 4.78 is 68.5.